The van der Waals surface area contributed by atoms with Gasteiger partial charge in [0.05, 0.1) is 0 Å². The summed E-state index contributed by atoms with van der Waals surface area (Å²) in [6.45, 7) is 7.63. The Balaban J connectivity index is 1.75. The topological polar surface area (TPSA) is 81.8 Å². The summed E-state index contributed by atoms with van der Waals surface area (Å²) in [4.78, 5) is 29.8. The van der Waals surface area contributed by atoms with Gasteiger partial charge < -0.3 is 10.6 Å². The molecule has 3 aromatic rings. The van der Waals surface area contributed by atoms with Crippen LogP contribution in [-0.4, -0.2) is 17.5 Å². The van der Waals surface area contributed by atoms with Gasteiger partial charge in [0.25, 0.3) is 0 Å². The summed E-state index contributed by atoms with van der Waals surface area (Å²) in [6.07, 6.45) is 4.39. The first-order valence-electron chi connectivity index (χ1n) is 12.7. The molecular formula is C31H34N2O3. The molecule has 0 spiro atoms. The highest BCUT2D eigenvalue weighted by Crippen LogP contribution is 2.54. The van der Waals surface area contributed by atoms with Crippen molar-refractivity contribution in [1.29, 1.82) is 0 Å². The van der Waals surface area contributed by atoms with Gasteiger partial charge in [-0.2, -0.15) is 0 Å². The Hall–Kier alpha value is -3.73. The van der Waals surface area contributed by atoms with Crippen molar-refractivity contribution >= 4 is 23.2 Å². The normalized spacial score (nSPS) is 13.7. The predicted octanol–water partition coefficient (Wildman–Crippen LogP) is 6.52. The molecule has 0 unspecified atom stereocenters. The van der Waals surface area contributed by atoms with Crippen LogP contribution in [0.25, 0.3) is 11.1 Å². The van der Waals surface area contributed by atoms with Crippen molar-refractivity contribution in [2.45, 2.75) is 65.2 Å². The van der Waals surface area contributed by atoms with Crippen LogP contribution < -0.4 is 5.73 Å². The van der Waals surface area contributed by atoms with Crippen molar-refractivity contribution in [2.24, 2.45) is 5.16 Å². The molecule has 0 radical (unpaired) electrons. The monoisotopic (exact) mass is 482 g/mol. The highest BCUT2D eigenvalue weighted by molar-refractivity contribution is 6.46. The maximum absolute atomic E-state index is 13.5. The van der Waals surface area contributed by atoms with E-state index in [0.29, 0.717) is 5.56 Å². The lowest BCUT2D eigenvalue weighted by atomic mass is 9.71. The van der Waals surface area contributed by atoms with E-state index in [1.54, 1.807) is 0 Å². The number of aryl methyl sites for hydroxylation is 1. The highest BCUT2D eigenvalue weighted by atomic mass is 16.7. The number of rotatable bonds is 9. The van der Waals surface area contributed by atoms with Crippen LogP contribution in [0.15, 0.2) is 65.8 Å². The second-order valence-electron chi connectivity index (χ2n) is 9.70. The molecule has 0 aromatic heterocycles. The van der Waals surface area contributed by atoms with Crippen LogP contribution in [0.2, 0.25) is 0 Å². The maximum atomic E-state index is 13.5. The van der Waals surface area contributed by atoms with Crippen molar-refractivity contribution < 1.29 is 14.4 Å². The van der Waals surface area contributed by atoms with Crippen molar-refractivity contribution in [3.05, 3.63) is 88.5 Å². The molecule has 4 rings (SSSR count). The third-order valence-electron chi connectivity index (χ3n) is 7.10. The van der Waals surface area contributed by atoms with Crippen LogP contribution >= 0.6 is 0 Å². The predicted molar refractivity (Wildman–Crippen MR) is 145 cm³/mol. The Morgan fingerprint density at radius 1 is 0.917 bits per heavy atom. The van der Waals surface area contributed by atoms with Gasteiger partial charge in [-0.05, 0) is 65.3 Å². The van der Waals surface area contributed by atoms with Crippen molar-refractivity contribution in [2.75, 3.05) is 5.73 Å². The van der Waals surface area contributed by atoms with E-state index in [4.69, 9.17) is 10.6 Å². The SMILES string of the molecule is CCCC1(CCC)c2ccc(CC(=O)/C(=N/OC(C)=O)c3ccccc3C)cc2-c2ccc(N)cc21. The lowest BCUT2D eigenvalue weighted by molar-refractivity contribution is -0.140. The molecule has 1 aliphatic carbocycles. The zero-order valence-corrected chi connectivity index (χ0v) is 21.6. The molecule has 0 fully saturated rings. The molecule has 0 amide bonds. The molecule has 36 heavy (non-hydrogen) atoms. The quantitative estimate of drug-likeness (QED) is 0.163. The van der Waals surface area contributed by atoms with Crippen LogP contribution in [0.3, 0.4) is 0 Å². The molecule has 0 heterocycles. The number of anilines is 1. The average Bonchev–Trinajstić information content (AvgIpc) is 3.09. The number of Topliss-reactive ketones (excluding diaryl/α,β-unsaturated/α-hetero) is 1. The third-order valence-corrected chi connectivity index (χ3v) is 7.10. The zero-order valence-electron chi connectivity index (χ0n) is 21.6. The van der Waals surface area contributed by atoms with E-state index in [0.717, 1.165) is 42.5 Å². The summed E-state index contributed by atoms with van der Waals surface area (Å²) >= 11 is 0. The van der Waals surface area contributed by atoms with Gasteiger partial charge >= 0.3 is 5.97 Å². The lowest BCUT2D eigenvalue weighted by Gasteiger charge is -2.32. The minimum absolute atomic E-state index is 0.0603. The van der Waals surface area contributed by atoms with Crippen LogP contribution in [0.5, 0.6) is 0 Å². The average molecular weight is 483 g/mol. The number of carbonyl (C=O) groups excluding carboxylic acids is 2. The smallest absolute Gasteiger partial charge is 0.332 e. The van der Waals surface area contributed by atoms with Crippen molar-refractivity contribution in [3.8, 4) is 11.1 Å². The number of benzene rings is 3. The first-order valence-corrected chi connectivity index (χ1v) is 12.7. The van der Waals surface area contributed by atoms with E-state index in [2.05, 4.69) is 43.3 Å². The molecule has 0 aliphatic heterocycles. The number of oxime groups is 1. The van der Waals surface area contributed by atoms with Crippen molar-refractivity contribution in [3.63, 3.8) is 0 Å². The first kappa shape index (κ1) is 25.4. The summed E-state index contributed by atoms with van der Waals surface area (Å²) in [5.74, 6) is -0.764. The number of nitrogens with two attached hydrogens (primary N) is 1. The Morgan fingerprint density at radius 2 is 1.64 bits per heavy atom. The van der Waals surface area contributed by atoms with Gasteiger partial charge in [0.15, 0.2) is 11.5 Å². The fourth-order valence-corrected chi connectivity index (χ4v) is 5.66. The molecule has 5 nitrogen and oxygen atoms in total. The molecule has 0 saturated heterocycles. The molecule has 1 aliphatic rings. The van der Waals surface area contributed by atoms with Gasteiger partial charge in [0.2, 0.25) is 0 Å². The van der Waals surface area contributed by atoms with Gasteiger partial charge in [-0.15, -0.1) is 0 Å². The first-order chi connectivity index (χ1) is 17.3. The van der Waals surface area contributed by atoms with Crippen LogP contribution in [0.1, 0.15) is 74.3 Å². The van der Waals surface area contributed by atoms with E-state index in [1.807, 2.05) is 43.3 Å². The van der Waals surface area contributed by atoms with Crippen LogP contribution in [0, 0.1) is 6.92 Å². The van der Waals surface area contributed by atoms with Crippen LogP contribution in [0.4, 0.5) is 5.69 Å². The number of fused-ring (bicyclic) bond motifs is 3. The second kappa shape index (κ2) is 10.5. The number of hydrogen-bond acceptors (Lipinski definition) is 5. The Labute approximate surface area is 213 Å². The van der Waals surface area contributed by atoms with Gasteiger partial charge in [-0.3, -0.25) is 4.79 Å². The maximum Gasteiger partial charge on any atom is 0.332 e. The van der Waals surface area contributed by atoms with E-state index in [1.165, 1.54) is 29.2 Å². The Bertz CT molecular complexity index is 1330. The number of ketones is 1. The van der Waals surface area contributed by atoms with E-state index in [-0.39, 0.29) is 23.3 Å². The largest absolute Gasteiger partial charge is 0.399 e. The van der Waals surface area contributed by atoms with Gasteiger partial charge in [0.1, 0.15) is 0 Å². The number of carbonyl (C=O) groups is 2. The summed E-state index contributed by atoms with van der Waals surface area (Å²) in [5.41, 5.74) is 14.5. The molecule has 5 heteroatoms. The summed E-state index contributed by atoms with van der Waals surface area (Å²) in [6, 6.07) is 20.1. The third kappa shape index (κ3) is 4.70. The van der Waals surface area contributed by atoms with Crippen LogP contribution in [-0.2, 0) is 26.3 Å². The minimum atomic E-state index is -0.564. The number of nitrogen functional groups attached to an aromatic ring is 1. The minimum Gasteiger partial charge on any atom is -0.399 e. The van der Waals surface area contributed by atoms with E-state index < -0.39 is 5.97 Å². The highest BCUT2D eigenvalue weighted by Gasteiger charge is 2.41. The Morgan fingerprint density at radius 3 is 2.31 bits per heavy atom. The fourth-order valence-electron chi connectivity index (χ4n) is 5.66. The van der Waals surface area contributed by atoms with Gasteiger partial charge in [0, 0.05) is 30.0 Å². The van der Waals surface area contributed by atoms with Crippen molar-refractivity contribution in [1.82, 2.24) is 0 Å². The van der Waals surface area contributed by atoms with Gasteiger partial charge in [-0.25, -0.2) is 4.79 Å². The molecule has 186 valence electrons. The molecule has 2 N–H and O–H groups in total. The standard InChI is InChI=1S/C31H34N2O3/c1-5-15-31(16-6-2)27-14-11-22(17-26(27)25-13-12-23(32)19-28(25)31)18-29(35)30(33-36-21(4)34)24-10-8-7-9-20(24)3/h7-14,17,19H,5-6,15-16,18,32H2,1-4H3/b33-30+. The molecular weight excluding hydrogens is 448 g/mol. The molecule has 0 bridgehead atoms. The molecule has 3 aromatic carbocycles. The number of hydrogen-bond donors (Lipinski definition) is 1. The Kier molecular flexibility index (Phi) is 7.39. The lowest BCUT2D eigenvalue weighted by Crippen LogP contribution is -2.25. The summed E-state index contributed by atoms with van der Waals surface area (Å²) < 4.78 is 0. The molecule has 0 saturated carbocycles. The van der Waals surface area contributed by atoms with E-state index in [9.17, 15) is 9.59 Å². The van der Waals surface area contributed by atoms with E-state index >= 15 is 0 Å². The molecule has 0 atom stereocenters. The summed E-state index contributed by atoms with van der Waals surface area (Å²) in [7, 11) is 0. The number of nitrogens with zero attached hydrogens (tertiary/aromatic N) is 1. The summed E-state index contributed by atoms with van der Waals surface area (Å²) in [5, 5.41) is 3.94. The van der Waals surface area contributed by atoms with Gasteiger partial charge in [-0.1, -0.05) is 80.4 Å². The zero-order chi connectivity index (χ0) is 25.9. The fraction of sp³-hybridized carbons (Fsp3) is 0.323. The second-order valence-corrected chi connectivity index (χ2v) is 9.70.